The SMILES string of the molecule is CCOS(=O)(=O)COC(=O)c1cccc(N)c1. The molecular weight excluding hydrogens is 246 g/mol. The number of rotatable bonds is 5. The molecule has 0 spiro atoms. The van der Waals surface area contributed by atoms with Crippen LogP contribution in [0, 0.1) is 0 Å². The van der Waals surface area contributed by atoms with Gasteiger partial charge < -0.3 is 10.5 Å². The molecule has 0 unspecified atom stereocenters. The molecule has 0 heterocycles. The van der Waals surface area contributed by atoms with E-state index in [1.54, 1.807) is 12.1 Å². The first-order valence-electron chi connectivity index (χ1n) is 4.84. The molecule has 0 radical (unpaired) electrons. The Kier molecular flexibility index (Phi) is 4.47. The average molecular weight is 259 g/mol. The first-order chi connectivity index (χ1) is 7.94. The average Bonchev–Trinajstić information content (AvgIpc) is 2.26. The predicted molar refractivity (Wildman–Crippen MR) is 61.7 cm³/mol. The van der Waals surface area contributed by atoms with Crippen molar-refractivity contribution < 1.29 is 22.1 Å². The lowest BCUT2D eigenvalue weighted by Crippen LogP contribution is -2.16. The normalized spacial score (nSPS) is 11.1. The molecule has 1 aromatic rings. The second-order valence-electron chi connectivity index (χ2n) is 3.14. The quantitative estimate of drug-likeness (QED) is 0.476. The van der Waals surface area contributed by atoms with E-state index in [0.29, 0.717) is 5.69 Å². The minimum atomic E-state index is -3.82. The number of hydrogen-bond acceptors (Lipinski definition) is 6. The summed E-state index contributed by atoms with van der Waals surface area (Å²) in [6.07, 6.45) is 0. The van der Waals surface area contributed by atoms with E-state index in [2.05, 4.69) is 8.92 Å². The van der Waals surface area contributed by atoms with E-state index >= 15 is 0 Å². The minimum absolute atomic E-state index is 0.00182. The molecule has 0 aliphatic heterocycles. The summed E-state index contributed by atoms with van der Waals surface area (Å²) in [6.45, 7) is 1.52. The van der Waals surface area contributed by atoms with E-state index in [-0.39, 0.29) is 12.2 Å². The van der Waals surface area contributed by atoms with Crippen molar-refractivity contribution in [2.75, 3.05) is 18.3 Å². The van der Waals surface area contributed by atoms with Crippen LogP contribution < -0.4 is 5.73 Å². The molecule has 0 fully saturated rings. The fourth-order valence-corrected chi connectivity index (χ4v) is 1.77. The highest BCUT2D eigenvalue weighted by molar-refractivity contribution is 7.86. The summed E-state index contributed by atoms with van der Waals surface area (Å²) in [5, 5.41) is 0. The van der Waals surface area contributed by atoms with Gasteiger partial charge in [0.1, 0.15) is 0 Å². The molecule has 1 aromatic carbocycles. The molecule has 0 saturated heterocycles. The van der Waals surface area contributed by atoms with Gasteiger partial charge in [-0.05, 0) is 25.1 Å². The van der Waals surface area contributed by atoms with Crippen LogP contribution in [0.1, 0.15) is 17.3 Å². The Hall–Kier alpha value is -1.60. The van der Waals surface area contributed by atoms with E-state index < -0.39 is 22.0 Å². The Bertz CT molecular complexity index is 497. The van der Waals surface area contributed by atoms with Gasteiger partial charge in [0.05, 0.1) is 12.2 Å². The van der Waals surface area contributed by atoms with Crippen molar-refractivity contribution in [3.8, 4) is 0 Å². The molecule has 17 heavy (non-hydrogen) atoms. The van der Waals surface area contributed by atoms with E-state index in [4.69, 9.17) is 5.73 Å². The number of nitrogens with two attached hydrogens (primary N) is 1. The Morgan fingerprint density at radius 2 is 2.12 bits per heavy atom. The van der Waals surface area contributed by atoms with Gasteiger partial charge in [0, 0.05) is 5.69 Å². The van der Waals surface area contributed by atoms with Crippen molar-refractivity contribution >= 4 is 21.8 Å². The van der Waals surface area contributed by atoms with Crippen LogP contribution in [-0.4, -0.2) is 26.9 Å². The van der Waals surface area contributed by atoms with Crippen LogP contribution >= 0.6 is 0 Å². The van der Waals surface area contributed by atoms with Crippen molar-refractivity contribution in [3.05, 3.63) is 29.8 Å². The molecule has 0 aliphatic rings. The summed E-state index contributed by atoms with van der Waals surface area (Å²) in [5.74, 6) is -1.57. The van der Waals surface area contributed by atoms with E-state index in [1.807, 2.05) is 0 Å². The number of carbonyl (C=O) groups is 1. The highest BCUT2D eigenvalue weighted by atomic mass is 32.2. The van der Waals surface area contributed by atoms with E-state index in [9.17, 15) is 13.2 Å². The molecule has 94 valence electrons. The van der Waals surface area contributed by atoms with Gasteiger partial charge in [-0.1, -0.05) is 6.07 Å². The van der Waals surface area contributed by atoms with Crippen LogP contribution in [0.5, 0.6) is 0 Å². The number of anilines is 1. The molecule has 0 amide bonds. The van der Waals surface area contributed by atoms with Gasteiger partial charge in [0.15, 0.2) is 0 Å². The molecule has 0 atom stereocenters. The first-order valence-corrected chi connectivity index (χ1v) is 6.42. The number of nitrogen functional groups attached to an aromatic ring is 1. The third-order valence-corrected chi connectivity index (χ3v) is 2.76. The highest BCUT2D eigenvalue weighted by Crippen LogP contribution is 2.08. The van der Waals surface area contributed by atoms with Crippen LogP contribution in [0.25, 0.3) is 0 Å². The van der Waals surface area contributed by atoms with Gasteiger partial charge >= 0.3 is 16.1 Å². The lowest BCUT2D eigenvalue weighted by molar-refractivity contribution is 0.0561. The fraction of sp³-hybridized carbons (Fsp3) is 0.300. The zero-order valence-corrected chi connectivity index (χ0v) is 10.1. The van der Waals surface area contributed by atoms with E-state index in [1.165, 1.54) is 19.1 Å². The smallest absolute Gasteiger partial charge is 0.339 e. The van der Waals surface area contributed by atoms with Crippen LogP contribution in [0.2, 0.25) is 0 Å². The van der Waals surface area contributed by atoms with E-state index in [0.717, 1.165) is 0 Å². The first kappa shape index (κ1) is 13.5. The molecule has 1 rings (SSSR count). The Morgan fingerprint density at radius 3 is 2.71 bits per heavy atom. The zero-order valence-electron chi connectivity index (χ0n) is 9.25. The molecule has 2 N–H and O–H groups in total. The van der Waals surface area contributed by atoms with Crippen LogP contribution in [0.4, 0.5) is 5.69 Å². The summed E-state index contributed by atoms with van der Waals surface area (Å²) in [6, 6.07) is 6.05. The molecule has 0 aliphatic carbocycles. The molecule has 6 nitrogen and oxygen atoms in total. The van der Waals surface area contributed by atoms with Gasteiger partial charge in [-0.2, -0.15) is 8.42 Å². The van der Waals surface area contributed by atoms with Crippen molar-refractivity contribution in [1.82, 2.24) is 0 Å². The highest BCUT2D eigenvalue weighted by Gasteiger charge is 2.15. The minimum Gasteiger partial charge on any atom is -0.443 e. The fourth-order valence-electron chi connectivity index (χ4n) is 1.09. The Balaban J connectivity index is 2.62. The summed E-state index contributed by atoms with van der Waals surface area (Å²) < 4.78 is 31.2. The standard InChI is InChI=1S/C10H13NO5S/c1-2-16-17(13,14)7-15-10(12)8-4-3-5-9(11)6-8/h3-6H,2,7,11H2,1H3. The van der Waals surface area contributed by atoms with Crippen molar-refractivity contribution in [3.63, 3.8) is 0 Å². The number of ether oxygens (including phenoxy) is 1. The third-order valence-electron chi connectivity index (χ3n) is 1.75. The monoisotopic (exact) mass is 259 g/mol. The second kappa shape index (κ2) is 5.65. The van der Waals surface area contributed by atoms with Crippen molar-refractivity contribution in [2.24, 2.45) is 0 Å². The summed E-state index contributed by atoms with van der Waals surface area (Å²) in [4.78, 5) is 11.5. The van der Waals surface area contributed by atoms with Crippen LogP contribution in [0.3, 0.4) is 0 Å². The zero-order chi connectivity index (χ0) is 12.9. The van der Waals surface area contributed by atoms with Gasteiger partial charge in [0.2, 0.25) is 5.94 Å². The molecule has 7 heteroatoms. The van der Waals surface area contributed by atoms with Gasteiger partial charge in [-0.3, -0.25) is 4.18 Å². The lowest BCUT2D eigenvalue weighted by atomic mass is 10.2. The third kappa shape index (κ3) is 4.41. The number of carbonyl (C=O) groups excluding carboxylic acids is 1. The molecule has 0 saturated carbocycles. The van der Waals surface area contributed by atoms with Gasteiger partial charge in [-0.15, -0.1) is 0 Å². The molecule has 0 aromatic heterocycles. The van der Waals surface area contributed by atoms with Crippen molar-refractivity contribution in [1.29, 1.82) is 0 Å². The summed E-state index contributed by atoms with van der Waals surface area (Å²) in [7, 11) is -3.82. The van der Waals surface area contributed by atoms with Crippen LogP contribution in [0.15, 0.2) is 24.3 Å². The Labute approximate surface area is 99.5 Å². The maximum Gasteiger partial charge on any atom is 0.339 e. The maximum absolute atomic E-state index is 11.5. The number of hydrogen-bond donors (Lipinski definition) is 1. The molecular formula is C10H13NO5S. The van der Waals surface area contributed by atoms with Crippen LogP contribution in [-0.2, 0) is 19.0 Å². The Morgan fingerprint density at radius 1 is 1.41 bits per heavy atom. The van der Waals surface area contributed by atoms with Gasteiger partial charge in [-0.25, -0.2) is 4.79 Å². The number of esters is 1. The lowest BCUT2D eigenvalue weighted by Gasteiger charge is -2.05. The summed E-state index contributed by atoms with van der Waals surface area (Å²) in [5.41, 5.74) is 6.06. The predicted octanol–water partition coefficient (Wildman–Crippen LogP) is 0.749. The number of benzene rings is 1. The molecule has 0 bridgehead atoms. The van der Waals surface area contributed by atoms with Gasteiger partial charge in [0.25, 0.3) is 0 Å². The van der Waals surface area contributed by atoms with Crippen molar-refractivity contribution in [2.45, 2.75) is 6.92 Å². The largest absolute Gasteiger partial charge is 0.443 e. The second-order valence-corrected chi connectivity index (χ2v) is 4.73. The maximum atomic E-state index is 11.5. The topological polar surface area (TPSA) is 95.7 Å². The summed E-state index contributed by atoms with van der Waals surface area (Å²) >= 11 is 0.